The van der Waals surface area contributed by atoms with E-state index in [-0.39, 0.29) is 16.9 Å². The molecule has 0 aromatic heterocycles. The Hall–Kier alpha value is -2.98. The second-order valence-electron chi connectivity index (χ2n) is 13.6. The molecule has 0 heterocycles. The van der Waals surface area contributed by atoms with Crippen molar-refractivity contribution >= 4 is 0 Å². The van der Waals surface area contributed by atoms with Gasteiger partial charge in [-0.15, -0.1) is 0 Å². The standard InChI is InChI=1S/C40H56O3/c1-28(17-13-19-30(3)21-23-34-32(5)36(41)25-26-39(34,7)8)15-11-12-16-29(2)18-14-20-31(4)22-24-35-33(6)38(43)37(42)27-40(35,9)10/h11-24,36-38,41-43H,25-27H2,1-10H3. The SMILES string of the molecule is CC(C=CC=C(C)C=CC1=C(C)C(O)CCC1(C)C)=CC=CC=C(C)C=CC=C(C)C=CC1=C(C)C(O)C(O)CC1(C)C. The zero-order valence-electron chi connectivity index (χ0n) is 28.3. The number of hydrogen-bond acceptors (Lipinski definition) is 3. The van der Waals surface area contributed by atoms with Crippen molar-refractivity contribution in [2.45, 2.75) is 107 Å². The zero-order chi connectivity index (χ0) is 32.4. The van der Waals surface area contributed by atoms with Gasteiger partial charge in [0.05, 0.1) is 12.2 Å². The molecule has 43 heavy (non-hydrogen) atoms. The summed E-state index contributed by atoms with van der Waals surface area (Å²) in [5.41, 5.74) is 8.82. The first-order chi connectivity index (χ1) is 20.0. The summed E-state index contributed by atoms with van der Waals surface area (Å²) in [7, 11) is 0. The molecule has 0 radical (unpaired) electrons. The summed E-state index contributed by atoms with van der Waals surface area (Å²) in [4.78, 5) is 0. The van der Waals surface area contributed by atoms with Gasteiger partial charge in [-0.3, -0.25) is 0 Å². The fourth-order valence-electron chi connectivity index (χ4n) is 5.77. The van der Waals surface area contributed by atoms with Crippen LogP contribution in [0, 0.1) is 10.8 Å². The number of rotatable bonds is 10. The predicted molar refractivity (Wildman–Crippen MR) is 186 cm³/mol. The largest absolute Gasteiger partial charge is 0.390 e. The molecule has 3 N–H and O–H groups in total. The maximum atomic E-state index is 10.3. The molecule has 0 bridgehead atoms. The fourth-order valence-corrected chi connectivity index (χ4v) is 5.77. The van der Waals surface area contributed by atoms with E-state index in [4.69, 9.17) is 0 Å². The third-order valence-electron chi connectivity index (χ3n) is 8.67. The van der Waals surface area contributed by atoms with Gasteiger partial charge >= 0.3 is 0 Å². The maximum Gasteiger partial charge on any atom is 0.101 e. The molecule has 0 amide bonds. The molecule has 0 saturated carbocycles. The van der Waals surface area contributed by atoms with E-state index >= 15 is 0 Å². The Morgan fingerprint density at radius 3 is 1.51 bits per heavy atom. The lowest BCUT2D eigenvalue weighted by atomic mass is 9.70. The number of allylic oxidation sites excluding steroid dienone is 20. The van der Waals surface area contributed by atoms with Crippen LogP contribution in [0.1, 0.15) is 88.5 Å². The van der Waals surface area contributed by atoms with Crippen LogP contribution in [-0.2, 0) is 0 Å². The molecule has 3 atom stereocenters. The van der Waals surface area contributed by atoms with Crippen LogP contribution in [0.25, 0.3) is 0 Å². The second kappa shape index (κ2) is 16.2. The van der Waals surface area contributed by atoms with E-state index < -0.39 is 12.2 Å². The number of hydrogen-bond donors (Lipinski definition) is 3. The van der Waals surface area contributed by atoms with Gasteiger partial charge in [-0.05, 0) is 93.9 Å². The first-order valence-electron chi connectivity index (χ1n) is 15.6. The third kappa shape index (κ3) is 11.2. The van der Waals surface area contributed by atoms with Crippen molar-refractivity contribution in [2.24, 2.45) is 10.8 Å². The topological polar surface area (TPSA) is 60.7 Å². The molecule has 3 unspecified atom stereocenters. The summed E-state index contributed by atoms with van der Waals surface area (Å²) in [6.07, 6.45) is 29.8. The Bertz CT molecular complexity index is 1330. The maximum absolute atomic E-state index is 10.3. The van der Waals surface area contributed by atoms with Crippen LogP contribution in [0.3, 0.4) is 0 Å². The van der Waals surface area contributed by atoms with E-state index in [0.717, 1.165) is 40.7 Å². The predicted octanol–water partition coefficient (Wildman–Crippen LogP) is 9.52. The molecule has 0 saturated heterocycles. The molecule has 3 nitrogen and oxygen atoms in total. The molecule has 0 fully saturated rings. The highest BCUT2D eigenvalue weighted by molar-refractivity contribution is 5.40. The Kier molecular flexibility index (Phi) is 13.6. The van der Waals surface area contributed by atoms with E-state index in [1.54, 1.807) is 0 Å². The Balaban J connectivity index is 1.93. The minimum Gasteiger partial charge on any atom is -0.390 e. The van der Waals surface area contributed by atoms with Crippen molar-refractivity contribution in [3.63, 3.8) is 0 Å². The van der Waals surface area contributed by atoms with Crippen molar-refractivity contribution in [3.05, 3.63) is 130 Å². The van der Waals surface area contributed by atoms with Crippen LogP contribution in [-0.4, -0.2) is 33.6 Å². The van der Waals surface area contributed by atoms with Gasteiger partial charge < -0.3 is 15.3 Å². The van der Waals surface area contributed by atoms with E-state index in [2.05, 4.69) is 135 Å². The Morgan fingerprint density at radius 2 is 1.02 bits per heavy atom. The lowest BCUT2D eigenvalue weighted by Gasteiger charge is -2.38. The zero-order valence-corrected chi connectivity index (χ0v) is 28.3. The second-order valence-corrected chi connectivity index (χ2v) is 13.6. The highest BCUT2D eigenvalue weighted by Crippen LogP contribution is 2.42. The molecule has 2 aliphatic rings. The van der Waals surface area contributed by atoms with Gasteiger partial charge in [-0.2, -0.15) is 0 Å². The minimum atomic E-state index is -0.792. The van der Waals surface area contributed by atoms with Gasteiger partial charge in [0.2, 0.25) is 0 Å². The molecule has 234 valence electrons. The summed E-state index contributed by atoms with van der Waals surface area (Å²) in [5.74, 6) is 0. The van der Waals surface area contributed by atoms with Crippen molar-refractivity contribution in [1.29, 1.82) is 0 Å². The summed E-state index contributed by atoms with van der Waals surface area (Å²) in [6.45, 7) is 21.0. The molecule has 2 aliphatic carbocycles. The molecule has 0 aromatic carbocycles. The minimum absolute atomic E-state index is 0.0963. The van der Waals surface area contributed by atoms with Gasteiger partial charge in [0.15, 0.2) is 0 Å². The summed E-state index contributed by atoms with van der Waals surface area (Å²) in [5, 5.41) is 30.7. The van der Waals surface area contributed by atoms with Gasteiger partial charge in [0, 0.05) is 0 Å². The average Bonchev–Trinajstić information content (AvgIpc) is 2.91. The van der Waals surface area contributed by atoms with Crippen LogP contribution in [0.15, 0.2) is 130 Å². The van der Waals surface area contributed by atoms with Crippen LogP contribution in [0.2, 0.25) is 0 Å². The van der Waals surface area contributed by atoms with Crippen LogP contribution < -0.4 is 0 Å². The average molecular weight is 585 g/mol. The summed E-state index contributed by atoms with van der Waals surface area (Å²) < 4.78 is 0. The van der Waals surface area contributed by atoms with Crippen LogP contribution >= 0.6 is 0 Å². The van der Waals surface area contributed by atoms with Crippen molar-refractivity contribution in [1.82, 2.24) is 0 Å². The molecule has 0 aromatic rings. The van der Waals surface area contributed by atoms with Crippen LogP contribution in [0.5, 0.6) is 0 Å². The van der Waals surface area contributed by atoms with Crippen LogP contribution in [0.4, 0.5) is 0 Å². The molecule has 3 heteroatoms. The first kappa shape index (κ1) is 36.2. The summed E-state index contributed by atoms with van der Waals surface area (Å²) >= 11 is 0. The summed E-state index contributed by atoms with van der Waals surface area (Å²) in [6, 6.07) is 0. The fraction of sp³-hybridized carbons (Fsp3) is 0.450. The van der Waals surface area contributed by atoms with E-state index in [1.807, 2.05) is 19.1 Å². The highest BCUT2D eigenvalue weighted by Gasteiger charge is 2.36. The smallest absolute Gasteiger partial charge is 0.101 e. The number of aliphatic hydroxyl groups excluding tert-OH is 3. The van der Waals surface area contributed by atoms with Gasteiger partial charge in [0.25, 0.3) is 0 Å². The van der Waals surface area contributed by atoms with Crippen molar-refractivity contribution < 1.29 is 15.3 Å². The van der Waals surface area contributed by atoms with Gasteiger partial charge in [0.1, 0.15) is 6.10 Å². The lowest BCUT2D eigenvalue weighted by molar-refractivity contribution is 0.00686. The third-order valence-corrected chi connectivity index (χ3v) is 8.67. The Morgan fingerprint density at radius 1 is 0.605 bits per heavy atom. The lowest BCUT2D eigenvalue weighted by Crippen LogP contribution is -2.38. The molecular weight excluding hydrogens is 528 g/mol. The molecule has 2 rings (SSSR count). The monoisotopic (exact) mass is 584 g/mol. The molecule has 0 aliphatic heterocycles. The van der Waals surface area contributed by atoms with Crippen molar-refractivity contribution in [2.75, 3.05) is 0 Å². The van der Waals surface area contributed by atoms with Gasteiger partial charge in [-0.25, -0.2) is 0 Å². The van der Waals surface area contributed by atoms with E-state index in [9.17, 15) is 15.3 Å². The van der Waals surface area contributed by atoms with Gasteiger partial charge in [-0.1, -0.05) is 135 Å². The van der Waals surface area contributed by atoms with Crippen molar-refractivity contribution in [3.8, 4) is 0 Å². The van der Waals surface area contributed by atoms with E-state index in [0.29, 0.717) is 6.42 Å². The first-order valence-corrected chi connectivity index (χ1v) is 15.6. The quantitative estimate of drug-likeness (QED) is 0.224. The Labute approximate surface area is 262 Å². The normalized spacial score (nSPS) is 26.5. The number of aliphatic hydroxyl groups is 3. The highest BCUT2D eigenvalue weighted by atomic mass is 16.3. The molecule has 0 spiro atoms. The van der Waals surface area contributed by atoms with E-state index in [1.165, 1.54) is 16.7 Å². The molecular formula is C40H56O3.